The molecule has 0 saturated carbocycles. The van der Waals surface area contributed by atoms with Gasteiger partial charge < -0.3 is 5.32 Å². The van der Waals surface area contributed by atoms with Gasteiger partial charge in [0.05, 0.1) is 0 Å². The molecule has 0 aliphatic rings. The van der Waals surface area contributed by atoms with Crippen LogP contribution in [-0.2, 0) is 11.8 Å². The van der Waals surface area contributed by atoms with E-state index in [1.807, 2.05) is 7.05 Å². The van der Waals surface area contributed by atoms with E-state index >= 15 is 0 Å². The number of aryl methyl sites for hydroxylation is 1. The van der Waals surface area contributed by atoms with Gasteiger partial charge in [-0.1, -0.05) is 20.8 Å². The smallest absolute Gasteiger partial charge is 0.123 e. The van der Waals surface area contributed by atoms with Crippen LogP contribution in [0.25, 0.3) is 0 Å². The molecule has 1 N–H and O–H groups in total. The standard InChI is InChI=1S/C11H21N3S/c1-5-11(2,3)10-14-13-9(15-10)7-6-8-12-4/h12H,5-8H2,1-4H3. The van der Waals surface area contributed by atoms with Crippen LogP contribution in [0, 0.1) is 0 Å². The molecule has 1 rings (SSSR count). The van der Waals surface area contributed by atoms with Gasteiger partial charge in [-0.05, 0) is 26.4 Å². The molecule has 0 fully saturated rings. The van der Waals surface area contributed by atoms with Crippen LogP contribution in [0.15, 0.2) is 0 Å². The first-order valence-electron chi connectivity index (χ1n) is 5.57. The predicted molar refractivity (Wildman–Crippen MR) is 65.5 cm³/mol. The van der Waals surface area contributed by atoms with Crippen molar-refractivity contribution in [1.29, 1.82) is 0 Å². The average molecular weight is 227 g/mol. The van der Waals surface area contributed by atoms with Crippen LogP contribution in [0.4, 0.5) is 0 Å². The summed E-state index contributed by atoms with van der Waals surface area (Å²) in [4.78, 5) is 0. The van der Waals surface area contributed by atoms with Crippen LogP contribution >= 0.6 is 11.3 Å². The van der Waals surface area contributed by atoms with Gasteiger partial charge in [0, 0.05) is 11.8 Å². The van der Waals surface area contributed by atoms with Gasteiger partial charge in [0.2, 0.25) is 0 Å². The Kier molecular flexibility index (Phi) is 4.67. The first kappa shape index (κ1) is 12.6. The predicted octanol–water partition coefficient (Wildman–Crippen LogP) is 2.38. The molecule has 0 unspecified atom stereocenters. The molecule has 0 aliphatic carbocycles. The zero-order chi connectivity index (χ0) is 11.3. The van der Waals surface area contributed by atoms with E-state index in [-0.39, 0.29) is 5.41 Å². The summed E-state index contributed by atoms with van der Waals surface area (Å²) in [5.74, 6) is 0. The highest BCUT2D eigenvalue weighted by Gasteiger charge is 2.22. The molecule has 3 nitrogen and oxygen atoms in total. The first-order valence-corrected chi connectivity index (χ1v) is 6.39. The lowest BCUT2D eigenvalue weighted by atomic mass is 9.91. The second-order valence-electron chi connectivity index (χ2n) is 4.45. The van der Waals surface area contributed by atoms with Crippen molar-refractivity contribution in [2.75, 3.05) is 13.6 Å². The monoisotopic (exact) mass is 227 g/mol. The van der Waals surface area contributed by atoms with Crippen molar-refractivity contribution in [3.63, 3.8) is 0 Å². The van der Waals surface area contributed by atoms with E-state index in [0.29, 0.717) is 0 Å². The van der Waals surface area contributed by atoms with E-state index in [0.717, 1.165) is 25.8 Å². The molecule has 0 atom stereocenters. The summed E-state index contributed by atoms with van der Waals surface area (Å²) in [7, 11) is 1.98. The molecule has 1 aromatic rings. The number of hydrogen-bond donors (Lipinski definition) is 1. The second kappa shape index (κ2) is 5.56. The molecule has 15 heavy (non-hydrogen) atoms. The highest BCUT2D eigenvalue weighted by molar-refractivity contribution is 7.11. The Morgan fingerprint density at radius 3 is 2.67 bits per heavy atom. The van der Waals surface area contributed by atoms with E-state index in [4.69, 9.17) is 0 Å². The number of nitrogens with zero attached hydrogens (tertiary/aromatic N) is 2. The molecule has 4 heteroatoms. The minimum Gasteiger partial charge on any atom is -0.320 e. The summed E-state index contributed by atoms with van der Waals surface area (Å²) in [5.41, 5.74) is 0.179. The van der Waals surface area contributed by atoms with Crippen molar-refractivity contribution >= 4 is 11.3 Å². The molecule has 0 spiro atoms. The van der Waals surface area contributed by atoms with Crippen molar-refractivity contribution in [2.45, 2.75) is 45.4 Å². The number of aromatic nitrogens is 2. The van der Waals surface area contributed by atoms with Gasteiger partial charge in [0.25, 0.3) is 0 Å². The Morgan fingerprint density at radius 2 is 2.07 bits per heavy atom. The fourth-order valence-electron chi connectivity index (χ4n) is 1.20. The third-order valence-electron chi connectivity index (χ3n) is 2.75. The van der Waals surface area contributed by atoms with Gasteiger partial charge in [-0.15, -0.1) is 21.5 Å². The molecule has 1 heterocycles. The average Bonchev–Trinajstić information content (AvgIpc) is 2.68. The summed E-state index contributed by atoms with van der Waals surface area (Å²) in [6.45, 7) is 7.70. The maximum atomic E-state index is 4.29. The third kappa shape index (κ3) is 3.54. The van der Waals surface area contributed by atoms with Gasteiger partial charge in [-0.25, -0.2) is 0 Å². The Hall–Kier alpha value is -0.480. The van der Waals surface area contributed by atoms with E-state index < -0.39 is 0 Å². The summed E-state index contributed by atoms with van der Waals surface area (Å²) < 4.78 is 0. The quantitative estimate of drug-likeness (QED) is 0.758. The molecule has 86 valence electrons. The summed E-state index contributed by atoms with van der Waals surface area (Å²) in [6.07, 6.45) is 3.29. The van der Waals surface area contributed by atoms with Gasteiger partial charge in [-0.3, -0.25) is 0 Å². The SMILES string of the molecule is CCC(C)(C)c1nnc(CCCNC)s1. The van der Waals surface area contributed by atoms with Gasteiger partial charge in [-0.2, -0.15) is 0 Å². The maximum Gasteiger partial charge on any atom is 0.123 e. The zero-order valence-corrected chi connectivity index (χ0v) is 10.9. The summed E-state index contributed by atoms with van der Waals surface area (Å²) in [6, 6.07) is 0. The lowest BCUT2D eigenvalue weighted by Gasteiger charge is -2.17. The third-order valence-corrected chi connectivity index (χ3v) is 4.10. The van der Waals surface area contributed by atoms with Crippen LogP contribution in [-0.4, -0.2) is 23.8 Å². The van der Waals surface area contributed by atoms with Gasteiger partial charge >= 0.3 is 0 Å². The Labute approximate surface area is 96.3 Å². The molecule has 0 saturated heterocycles. The van der Waals surface area contributed by atoms with E-state index in [2.05, 4.69) is 36.3 Å². The largest absolute Gasteiger partial charge is 0.320 e. The van der Waals surface area contributed by atoms with E-state index in [1.54, 1.807) is 11.3 Å². The minimum atomic E-state index is 0.179. The second-order valence-corrected chi connectivity index (χ2v) is 5.51. The van der Waals surface area contributed by atoms with Crippen LogP contribution in [0.1, 0.15) is 43.6 Å². The summed E-state index contributed by atoms with van der Waals surface area (Å²) in [5, 5.41) is 14.0. The molecular formula is C11H21N3S. The number of hydrogen-bond acceptors (Lipinski definition) is 4. The highest BCUT2D eigenvalue weighted by atomic mass is 32.1. The Balaban J connectivity index is 2.56. The minimum absolute atomic E-state index is 0.179. The molecule has 1 aromatic heterocycles. The van der Waals surface area contributed by atoms with Gasteiger partial charge in [0.15, 0.2) is 0 Å². The zero-order valence-electron chi connectivity index (χ0n) is 10.1. The maximum absolute atomic E-state index is 4.29. The fourth-order valence-corrected chi connectivity index (χ4v) is 2.25. The lowest BCUT2D eigenvalue weighted by Crippen LogP contribution is -2.14. The number of rotatable bonds is 6. The van der Waals surface area contributed by atoms with Crippen LogP contribution in [0.3, 0.4) is 0 Å². The van der Waals surface area contributed by atoms with E-state index in [1.165, 1.54) is 10.0 Å². The van der Waals surface area contributed by atoms with Crippen molar-refractivity contribution < 1.29 is 0 Å². The topological polar surface area (TPSA) is 37.8 Å². The molecule has 0 radical (unpaired) electrons. The molecule has 0 aromatic carbocycles. The summed E-state index contributed by atoms with van der Waals surface area (Å²) >= 11 is 1.76. The fraction of sp³-hybridized carbons (Fsp3) is 0.818. The Morgan fingerprint density at radius 1 is 1.33 bits per heavy atom. The highest BCUT2D eigenvalue weighted by Crippen LogP contribution is 2.29. The lowest BCUT2D eigenvalue weighted by molar-refractivity contribution is 0.498. The van der Waals surface area contributed by atoms with Gasteiger partial charge in [0.1, 0.15) is 10.0 Å². The Bertz CT molecular complexity index is 294. The molecule has 0 aliphatic heterocycles. The number of nitrogens with one attached hydrogen (secondary N) is 1. The van der Waals surface area contributed by atoms with Crippen molar-refractivity contribution in [1.82, 2.24) is 15.5 Å². The van der Waals surface area contributed by atoms with Crippen molar-refractivity contribution in [3.05, 3.63) is 10.0 Å². The van der Waals surface area contributed by atoms with Crippen LogP contribution in [0.2, 0.25) is 0 Å². The van der Waals surface area contributed by atoms with E-state index in [9.17, 15) is 0 Å². The van der Waals surface area contributed by atoms with Crippen molar-refractivity contribution in [2.24, 2.45) is 0 Å². The first-order chi connectivity index (χ1) is 7.10. The molecule has 0 bridgehead atoms. The molecular weight excluding hydrogens is 206 g/mol. The van der Waals surface area contributed by atoms with Crippen LogP contribution < -0.4 is 5.32 Å². The molecule has 0 amide bonds. The normalized spacial score (nSPS) is 12.0. The van der Waals surface area contributed by atoms with Crippen LogP contribution in [0.5, 0.6) is 0 Å². The van der Waals surface area contributed by atoms with Crippen molar-refractivity contribution in [3.8, 4) is 0 Å².